The van der Waals surface area contributed by atoms with Crippen LogP contribution in [0.1, 0.15) is 24.0 Å². The Bertz CT molecular complexity index is 989. The first kappa shape index (κ1) is 19.9. The first-order valence-electron chi connectivity index (χ1n) is 8.88. The summed E-state index contributed by atoms with van der Waals surface area (Å²) in [6.07, 6.45) is 0.172. The number of carbonyl (C=O) groups is 2. The normalized spacial score (nSPS) is 16.9. The highest BCUT2D eigenvalue weighted by Gasteiger charge is 2.44. The van der Waals surface area contributed by atoms with Crippen molar-refractivity contribution in [2.45, 2.75) is 37.2 Å². The highest BCUT2D eigenvalue weighted by atomic mass is 32.2. The number of rotatable bonds is 6. The van der Waals surface area contributed by atoms with Gasteiger partial charge >= 0.3 is 0 Å². The van der Waals surface area contributed by atoms with Crippen LogP contribution in [0.2, 0.25) is 0 Å². The van der Waals surface area contributed by atoms with Gasteiger partial charge in [-0.3, -0.25) is 9.59 Å². The molecule has 1 N–H and O–H groups in total. The molecule has 0 radical (unpaired) electrons. The van der Waals surface area contributed by atoms with Crippen molar-refractivity contribution in [2.24, 2.45) is 0 Å². The van der Waals surface area contributed by atoms with Gasteiger partial charge in [0.05, 0.1) is 12.0 Å². The number of hydrogen-bond donors (Lipinski definition) is 1. The van der Waals surface area contributed by atoms with Crippen LogP contribution in [-0.4, -0.2) is 37.7 Å². The van der Waals surface area contributed by atoms with E-state index in [1.54, 1.807) is 6.92 Å². The van der Waals surface area contributed by atoms with Gasteiger partial charge in [-0.1, -0.05) is 30.3 Å². The molecule has 0 unspecified atom stereocenters. The molecule has 1 atom stereocenters. The fourth-order valence-electron chi connectivity index (χ4n) is 3.23. The van der Waals surface area contributed by atoms with Crippen LogP contribution in [0.4, 0.5) is 0 Å². The molecular formula is C20H22N2O5S. The van der Waals surface area contributed by atoms with Crippen molar-refractivity contribution in [1.82, 2.24) is 9.62 Å². The van der Waals surface area contributed by atoms with Crippen molar-refractivity contribution in [3.8, 4) is 5.75 Å². The molecule has 1 heterocycles. The van der Waals surface area contributed by atoms with E-state index in [2.05, 4.69) is 5.32 Å². The predicted octanol–water partition coefficient (Wildman–Crippen LogP) is 2.00. The SMILES string of the molecule is COc1ccc(S(=O)(=O)N2C(=O)CC[C@H]2C(=O)NCc2ccccc2)cc1C. The van der Waals surface area contributed by atoms with Crippen LogP contribution >= 0.6 is 0 Å². The molecule has 2 aromatic rings. The van der Waals surface area contributed by atoms with Crippen LogP contribution in [0.15, 0.2) is 53.4 Å². The van der Waals surface area contributed by atoms with Crippen molar-refractivity contribution in [2.75, 3.05) is 7.11 Å². The number of sulfonamides is 1. The molecule has 28 heavy (non-hydrogen) atoms. The first-order chi connectivity index (χ1) is 13.3. The molecule has 7 nitrogen and oxygen atoms in total. The fourth-order valence-corrected chi connectivity index (χ4v) is 4.92. The molecule has 8 heteroatoms. The molecule has 0 spiro atoms. The first-order valence-corrected chi connectivity index (χ1v) is 10.3. The van der Waals surface area contributed by atoms with Crippen molar-refractivity contribution in [1.29, 1.82) is 0 Å². The molecule has 1 fully saturated rings. The van der Waals surface area contributed by atoms with Crippen molar-refractivity contribution < 1.29 is 22.7 Å². The highest BCUT2D eigenvalue weighted by molar-refractivity contribution is 7.89. The average molecular weight is 402 g/mol. The number of ether oxygens (including phenoxy) is 1. The Morgan fingerprint density at radius 3 is 2.57 bits per heavy atom. The molecule has 0 saturated carbocycles. The summed E-state index contributed by atoms with van der Waals surface area (Å²) >= 11 is 0. The number of amides is 2. The maximum absolute atomic E-state index is 13.1. The monoisotopic (exact) mass is 402 g/mol. The molecule has 0 bridgehead atoms. The number of carbonyl (C=O) groups excluding carboxylic acids is 2. The van der Waals surface area contributed by atoms with E-state index >= 15 is 0 Å². The lowest BCUT2D eigenvalue weighted by molar-refractivity contribution is -0.130. The van der Waals surface area contributed by atoms with Crippen molar-refractivity contribution >= 4 is 21.8 Å². The molecule has 2 aromatic carbocycles. The zero-order chi connectivity index (χ0) is 20.3. The lowest BCUT2D eigenvalue weighted by Gasteiger charge is -2.24. The quantitative estimate of drug-likeness (QED) is 0.798. The van der Waals surface area contributed by atoms with E-state index in [0.29, 0.717) is 15.6 Å². The maximum atomic E-state index is 13.1. The molecule has 0 aliphatic carbocycles. The Labute approximate surface area is 164 Å². The Balaban J connectivity index is 1.82. The molecular weight excluding hydrogens is 380 g/mol. The minimum Gasteiger partial charge on any atom is -0.496 e. The van der Waals surface area contributed by atoms with E-state index in [0.717, 1.165) is 5.56 Å². The second-order valence-corrected chi connectivity index (χ2v) is 8.40. The van der Waals surface area contributed by atoms with Gasteiger partial charge < -0.3 is 10.1 Å². The highest BCUT2D eigenvalue weighted by Crippen LogP contribution is 2.29. The number of hydrogen-bond acceptors (Lipinski definition) is 5. The fraction of sp³-hybridized carbons (Fsp3) is 0.300. The third-order valence-corrected chi connectivity index (χ3v) is 6.52. The van der Waals surface area contributed by atoms with Gasteiger partial charge in [0.1, 0.15) is 11.8 Å². The van der Waals surface area contributed by atoms with Crippen molar-refractivity contribution in [3.63, 3.8) is 0 Å². The van der Waals surface area contributed by atoms with Gasteiger partial charge in [-0.05, 0) is 42.7 Å². The average Bonchev–Trinajstić information content (AvgIpc) is 3.09. The number of nitrogens with one attached hydrogen (secondary N) is 1. The Hall–Kier alpha value is -2.87. The van der Waals surface area contributed by atoms with Crippen LogP contribution in [0.5, 0.6) is 5.75 Å². The molecule has 1 aliphatic heterocycles. The molecule has 2 amide bonds. The van der Waals surface area contributed by atoms with Crippen LogP contribution in [0.3, 0.4) is 0 Å². The van der Waals surface area contributed by atoms with Gasteiger partial charge in [-0.15, -0.1) is 0 Å². The Morgan fingerprint density at radius 1 is 1.21 bits per heavy atom. The summed E-state index contributed by atoms with van der Waals surface area (Å²) < 4.78 is 32.0. The van der Waals surface area contributed by atoms with Crippen LogP contribution in [0, 0.1) is 6.92 Å². The molecule has 0 aromatic heterocycles. The van der Waals surface area contributed by atoms with Crippen LogP contribution in [0.25, 0.3) is 0 Å². The van der Waals surface area contributed by atoms with E-state index in [-0.39, 0.29) is 24.3 Å². The zero-order valence-electron chi connectivity index (χ0n) is 15.7. The van der Waals surface area contributed by atoms with Gasteiger partial charge in [-0.25, -0.2) is 12.7 Å². The lowest BCUT2D eigenvalue weighted by Crippen LogP contribution is -2.47. The number of benzene rings is 2. The van der Waals surface area contributed by atoms with E-state index < -0.39 is 27.9 Å². The number of methoxy groups -OCH3 is 1. The number of aryl methyl sites for hydroxylation is 1. The second kappa shape index (κ2) is 8.02. The summed E-state index contributed by atoms with van der Waals surface area (Å²) in [4.78, 5) is 24.9. The summed E-state index contributed by atoms with van der Waals surface area (Å²) in [7, 11) is -2.65. The van der Waals surface area contributed by atoms with Gasteiger partial charge in [0, 0.05) is 13.0 Å². The van der Waals surface area contributed by atoms with Gasteiger partial charge in [0.15, 0.2) is 0 Å². The summed E-state index contributed by atoms with van der Waals surface area (Å²) in [5, 5.41) is 2.73. The van der Waals surface area contributed by atoms with Gasteiger partial charge in [0.2, 0.25) is 11.8 Å². The van der Waals surface area contributed by atoms with Crippen LogP contribution in [-0.2, 0) is 26.2 Å². The van der Waals surface area contributed by atoms with Crippen molar-refractivity contribution in [3.05, 3.63) is 59.7 Å². The standard InChI is InChI=1S/C20H22N2O5S/c1-14-12-16(8-10-18(14)27-2)28(25,26)22-17(9-11-19(22)23)20(24)21-13-15-6-4-3-5-7-15/h3-8,10,12,17H,9,11,13H2,1-2H3,(H,21,24)/t17-/m0/s1. The molecule has 3 rings (SSSR count). The van der Waals surface area contributed by atoms with Gasteiger partial charge in [-0.2, -0.15) is 0 Å². The second-order valence-electron chi connectivity index (χ2n) is 6.58. The molecule has 1 aliphatic rings. The minimum absolute atomic E-state index is 0.0117. The third-order valence-electron chi connectivity index (χ3n) is 4.70. The van der Waals surface area contributed by atoms with E-state index in [4.69, 9.17) is 4.74 Å². The largest absolute Gasteiger partial charge is 0.496 e. The van der Waals surface area contributed by atoms with E-state index in [1.807, 2.05) is 30.3 Å². The summed E-state index contributed by atoms with van der Waals surface area (Å²) in [5.41, 5.74) is 1.51. The zero-order valence-corrected chi connectivity index (χ0v) is 16.5. The molecule has 1 saturated heterocycles. The van der Waals surface area contributed by atoms with Crippen LogP contribution < -0.4 is 10.1 Å². The smallest absolute Gasteiger partial charge is 0.267 e. The summed E-state index contributed by atoms with van der Waals surface area (Å²) in [5.74, 6) is -0.513. The summed E-state index contributed by atoms with van der Waals surface area (Å²) in [6.45, 7) is 1.98. The van der Waals surface area contributed by atoms with E-state index in [1.165, 1.54) is 25.3 Å². The minimum atomic E-state index is -4.15. The summed E-state index contributed by atoms with van der Waals surface area (Å²) in [6, 6.07) is 12.6. The Kier molecular flexibility index (Phi) is 5.69. The van der Waals surface area contributed by atoms with Gasteiger partial charge in [0.25, 0.3) is 10.0 Å². The number of nitrogens with zero attached hydrogens (tertiary/aromatic N) is 1. The lowest BCUT2D eigenvalue weighted by atomic mass is 10.2. The molecule has 148 valence electrons. The van der Waals surface area contributed by atoms with E-state index in [9.17, 15) is 18.0 Å². The third kappa shape index (κ3) is 3.87. The topological polar surface area (TPSA) is 92.8 Å². The predicted molar refractivity (Wildman–Crippen MR) is 103 cm³/mol. The maximum Gasteiger partial charge on any atom is 0.267 e. The Morgan fingerprint density at radius 2 is 1.93 bits per heavy atom.